The Morgan fingerprint density at radius 2 is 0.247 bits per heavy atom. The van der Waals surface area contributed by atoms with Crippen molar-refractivity contribution in [3.05, 3.63) is 582 Å². The Morgan fingerprint density at radius 3 is 0.560 bits per heavy atom. The first-order valence-corrected chi connectivity index (χ1v) is 51.6. The highest BCUT2D eigenvalue weighted by Gasteiger charge is 2.28. The third-order valence-corrected chi connectivity index (χ3v) is 30.3. The lowest BCUT2D eigenvalue weighted by molar-refractivity contribution is 1.17. The molecule has 0 saturated carbocycles. The van der Waals surface area contributed by atoms with E-state index in [0.717, 1.165) is 28.4 Å². The topological polar surface area (TPSA) is 29.6 Å². The molecule has 6 aromatic heterocycles. The van der Waals surface area contributed by atoms with Crippen molar-refractivity contribution in [2.24, 2.45) is 0 Å². The summed E-state index contributed by atoms with van der Waals surface area (Å²) in [6.07, 6.45) is 0. The molecule has 0 aliphatic rings. The van der Waals surface area contributed by atoms with Crippen molar-refractivity contribution in [1.29, 1.82) is 0 Å². The van der Waals surface area contributed by atoms with Gasteiger partial charge in [0.25, 0.3) is 0 Å². The van der Waals surface area contributed by atoms with Crippen LogP contribution in [-0.4, -0.2) is 27.4 Å². The van der Waals surface area contributed by atoms with Crippen LogP contribution in [0.1, 0.15) is 0 Å². The van der Waals surface area contributed by atoms with Crippen LogP contribution < -0.4 is 0 Å². The fourth-order valence-corrected chi connectivity index (χ4v) is 23.5. The molecule has 0 bridgehead atoms. The van der Waals surface area contributed by atoms with Gasteiger partial charge in [0.1, 0.15) is 0 Å². The SMILES string of the molecule is c1ccc(-c2cc(-c3ccccc3)cc(-n3c4ccc(-c5ccccc5)cc4c4c5c6ccccc6n(-c6ccccc6)c5ccc43)c2)cc1.c1ccc(-c2ccc(-c3cccc(-n4c5ccccc5c5c6c7cc(-c8ccccc8)ccc7n(-c7ccccc7)c6ccc54)c3)cc2)cc1.c1ccc(-c2cccc(-c3ccc(-n4c5ccc(-c6ccccc6)cc5c5c6c7ccccc7n(-c7ccccc7)c6ccc54)cc3)c2)cc1. The van der Waals surface area contributed by atoms with Crippen LogP contribution in [0.2, 0.25) is 0 Å². The zero-order valence-corrected chi connectivity index (χ0v) is 82.1. The highest BCUT2D eigenvalue weighted by molar-refractivity contribution is 6.32. The third kappa shape index (κ3) is 15.4. The molecule has 150 heavy (non-hydrogen) atoms. The summed E-state index contributed by atoms with van der Waals surface area (Å²) in [7, 11) is 0. The molecular weight excluding hydrogens is 1810 g/mol. The second-order valence-corrected chi connectivity index (χ2v) is 38.9. The number of benzene rings is 24. The lowest BCUT2D eigenvalue weighted by Crippen LogP contribution is -1.96. The van der Waals surface area contributed by atoms with E-state index in [1.54, 1.807) is 0 Å². The van der Waals surface area contributed by atoms with Crippen molar-refractivity contribution >= 4 is 131 Å². The van der Waals surface area contributed by atoms with Crippen LogP contribution in [0, 0.1) is 0 Å². The fraction of sp³-hybridized carbons (Fsp3) is 0. The Hall–Kier alpha value is -19.9. The van der Waals surface area contributed by atoms with Crippen LogP contribution in [-0.2, 0) is 0 Å². The summed E-state index contributed by atoms with van der Waals surface area (Å²) in [6, 6.07) is 211. The minimum atomic E-state index is 1.14. The van der Waals surface area contributed by atoms with E-state index >= 15 is 0 Å². The van der Waals surface area contributed by atoms with E-state index in [0.29, 0.717) is 0 Å². The van der Waals surface area contributed by atoms with Gasteiger partial charge in [0.2, 0.25) is 0 Å². The number of nitrogens with zero attached hydrogens (tertiary/aromatic N) is 6. The first kappa shape index (κ1) is 87.8. The summed E-state index contributed by atoms with van der Waals surface area (Å²) in [5, 5.41) is 15.2. The first-order valence-electron chi connectivity index (χ1n) is 51.6. The molecule has 0 aliphatic carbocycles. The molecule has 0 amide bonds. The van der Waals surface area contributed by atoms with Gasteiger partial charge in [-0.3, -0.25) is 0 Å². The van der Waals surface area contributed by atoms with Gasteiger partial charge in [0.15, 0.2) is 0 Å². The Kier molecular flexibility index (Phi) is 21.9. The molecule has 6 heteroatoms. The predicted molar refractivity (Wildman–Crippen MR) is 634 cm³/mol. The summed E-state index contributed by atoms with van der Waals surface area (Å²) in [5.41, 5.74) is 43.2. The van der Waals surface area contributed by atoms with Crippen LogP contribution in [0.3, 0.4) is 0 Å². The fourth-order valence-electron chi connectivity index (χ4n) is 23.5. The van der Waals surface area contributed by atoms with Crippen molar-refractivity contribution in [3.63, 3.8) is 0 Å². The highest BCUT2D eigenvalue weighted by Crippen LogP contribution is 2.50. The van der Waals surface area contributed by atoms with E-state index in [4.69, 9.17) is 0 Å². The molecule has 0 radical (unpaired) electrons. The van der Waals surface area contributed by atoms with Gasteiger partial charge < -0.3 is 27.4 Å². The molecule has 702 valence electrons. The van der Waals surface area contributed by atoms with Crippen LogP contribution in [0.4, 0.5) is 0 Å². The van der Waals surface area contributed by atoms with Gasteiger partial charge in [-0.2, -0.15) is 0 Å². The van der Waals surface area contributed by atoms with Crippen LogP contribution >= 0.6 is 0 Å². The molecule has 0 fully saturated rings. The standard InChI is InChI=1S/3C48H32N2/c1-5-15-33(16-6-1)36-25-26-44-42(32-36)48-46(28-27-45-47(48)41-23-13-14-24-43(41)49(45)39-21-11-4-12-22-39)50(44)40-30-37(34-17-7-2-8-18-34)29-38(31-40)35-19-9-3-10-20-35;1-4-13-33(14-5-1)36-17-12-18-37(31-36)35-23-26-40(27-24-35)50-44-28-25-38(34-15-6-2-7-16-34)32-42(44)48-46(50)30-29-45-47(48)41-21-10-11-22-43(41)49(45)39-19-8-3-9-20-39;1-4-13-33(14-5-1)35-23-25-36(26-24-35)37-17-12-20-40(31-37)50-43-22-11-10-21-41(43)47-45(50)29-30-46-48(47)42-32-38(34-15-6-2-7-16-34)27-28-44(42)49(46)39-18-8-3-9-19-39/h3*1-32H. The quantitative estimate of drug-likeness (QED) is 0.0979. The first-order chi connectivity index (χ1) is 74.4. The molecule has 0 atom stereocenters. The lowest BCUT2D eigenvalue weighted by Gasteiger charge is -2.14. The van der Waals surface area contributed by atoms with E-state index < -0.39 is 0 Å². The molecule has 0 unspecified atom stereocenters. The highest BCUT2D eigenvalue weighted by atomic mass is 15.0. The van der Waals surface area contributed by atoms with E-state index in [1.165, 1.54) is 237 Å². The monoisotopic (exact) mass is 1910 g/mol. The molecule has 0 saturated heterocycles. The average Bonchev–Trinajstić information content (AvgIpc) is 1.55. The van der Waals surface area contributed by atoms with Gasteiger partial charge in [-0.25, -0.2) is 0 Å². The normalized spacial score (nSPS) is 11.6. The maximum Gasteiger partial charge on any atom is 0.0548 e. The number of hydrogen-bond acceptors (Lipinski definition) is 0. The molecule has 6 nitrogen and oxygen atoms in total. The Morgan fingerprint density at radius 1 is 0.0800 bits per heavy atom. The molecule has 6 heterocycles. The summed E-state index contributed by atoms with van der Waals surface area (Å²) in [5.74, 6) is 0. The second kappa shape index (κ2) is 37.4. The van der Waals surface area contributed by atoms with E-state index in [9.17, 15) is 0 Å². The van der Waals surface area contributed by atoms with Gasteiger partial charge in [-0.1, -0.05) is 406 Å². The van der Waals surface area contributed by atoms with Gasteiger partial charge in [0.05, 0.1) is 66.2 Å². The lowest BCUT2D eigenvalue weighted by atomic mass is 9.98. The summed E-state index contributed by atoms with van der Waals surface area (Å²) < 4.78 is 14.6. The number of hydrogen-bond donors (Lipinski definition) is 0. The Labute approximate surface area is 868 Å². The van der Waals surface area contributed by atoms with Gasteiger partial charge >= 0.3 is 0 Å². The van der Waals surface area contributed by atoms with Crippen molar-refractivity contribution in [3.8, 4) is 134 Å². The van der Waals surface area contributed by atoms with Crippen molar-refractivity contribution in [2.75, 3.05) is 0 Å². The molecule has 0 spiro atoms. The largest absolute Gasteiger partial charge is 0.309 e. The zero-order valence-electron chi connectivity index (χ0n) is 82.1. The van der Waals surface area contributed by atoms with Crippen LogP contribution in [0.25, 0.3) is 265 Å². The van der Waals surface area contributed by atoms with Crippen LogP contribution in [0.15, 0.2) is 582 Å². The summed E-state index contributed by atoms with van der Waals surface area (Å²) in [4.78, 5) is 0. The molecule has 30 rings (SSSR count). The number of para-hydroxylation sites is 6. The summed E-state index contributed by atoms with van der Waals surface area (Å²) in [6.45, 7) is 0. The third-order valence-electron chi connectivity index (χ3n) is 30.3. The second-order valence-electron chi connectivity index (χ2n) is 38.9. The number of fused-ring (bicyclic) bond motifs is 21. The smallest absolute Gasteiger partial charge is 0.0548 e. The molecule has 30 aromatic rings. The van der Waals surface area contributed by atoms with Crippen molar-refractivity contribution < 1.29 is 0 Å². The minimum Gasteiger partial charge on any atom is -0.309 e. The number of aromatic nitrogens is 6. The zero-order chi connectivity index (χ0) is 99.1. The molecule has 0 N–H and O–H groups in total. The maximum absolute atomic E-state index is 2.48. The average molecular weight is 1910 g/mol. The molecule has 24 aromatic carbocycles. The van der Waals surface area contributed by atoms with Gasteiger partial charge in [-0.05, 0) is 276 Å². The van der Waals surface area contributed by atoms with Crippen LogP contribution in [0.5, 0.6) is 0 Å². The molecular formula is C144H96N6. The van der Waals surface area contributed by atoms with Gasteiger partial charge in [0, 0.05) is 98.8 Å². The van der Waals surface area contributed by atoms with Crippen molar-refractivity contribution in [2.45, 2.75) is 0 Å². The molecule has 0 aliphatic heterocycles. The predicted octanol–water partition coefficient (Wildman–Crippen LogP) is 38.6. The van der Waals surface area contributed by atoms with Gasteiger partial charge in [-0.15, -0.1) is 0 Å². The summed E-state index contributed by atoms with van der Waals surface area (Å²) >= 11 is 0. The Bertz CT molecular complexity index is 10300. The van der Waals surface area contributed by atoms with Crippen molar-refractivity contribution in [1.82, 2.24) is 27.4 Å². The van der Waals surface area contributed by atoms with E-state index in [2.05, 4.69) is 610 Å². The maximum atomic E-state index is 2.48. The van der Waals surface area contributed by atoms with E-state index in [1.807, 2.05) is 0 Å². The Balaban J connectivity index is 0.000000108. The minimum absolute atomic E-state index is 1.14. The van der Waals surface area contributed by atoms with E-state index in [-0.39, 0.29) is 0 Å². The number of rotatable bonds is 15.